The molecule has 0 aliphatic rings. The van der Waals surface area contributed by atoms with Gasteiger partial charge in [0.25, 0.3) is 5.91 Å². The summed E-state index contributed by atoms with van der Waals surface area (Å²) in [6.45, 7) is 7.13. The summed E-state index contributed by atoms with van der Waals surface area (Å²) in [7, 11) is 0. The molecule has 0 aromatic heterocycles. The number of ether oxygens (including phenoxy) is 1. The molecule has 0 spiro atoms. The second-order valence-electron chi connectivity index (χ2n) is 6.65. The van der Waals surface area contributed by atoms with Crippen molar-refractivity contribution >= 4 is 16.7 Å². The maximum Gasteiger partial charge on any atom is 0.261 e. The molecule has 0 radical (unpaired) electrons. The van der Waals surface area contributed by atoms with E-state index >= 15 is 0 Å². The molecule has 2 aromatic carbocycles. The summed E-state index contributed by atoms with van der Waals surface area (Å²) < 4.78 is 6.07. The molecule has 0 heterocycles. The van der Waals surface area contributed by atoms with Gasteiger partial charge in [0, 0.05) is 11.9 Å². The molecule has 0 bridgehead atoms. The number of hydrogen-bond acceptors (Lipinski definition) is 2. The predicted octanol–water partition coefficient (Wildman–Crippen LogP) is 5.33. The monoisotopic (exact) mass is 341 g/mol. The highest BCUT2D eigenvalue weighted by molar-refractivity contribution is 5.89. The predicted molar refractivity (Wildman–Crippen MR) is 105 cm³/mol. The molecule has 136 valence electrons. The van der Waals surface area contributed by atoms with Gasteiger partial charge in [0.1, 0.15) is 5.75 Å². The van der Waals surface area contributed by atoms with Crippen molar-refractivity contribution in [3.63, 3.8) is 0 Å². The molecule has 25 heavy (non-hydrogen) atoms. The summed E-state index contributed by atoms with van der Waals surface area (Å²) in [5.41, 5.74) is 0. The van der Waals surface area contributed by atoms with Crippen LogP contribution in [0.5, 0.6) is 5.75 Å². The van der Waals surface area contributed by atoms with Gasteiger partial charge in [-0.3, -0.25) is 4.79 Å². The van der Waals surface area contributed by atoms with Gasteiger partial charge in [-0.2, -0.15) is 0 Å². The topological polar surface area (TPSA) is 38.3 Å². The molecule has 3 nitrogen and oxygen atoms in total. The molecule has 0 fully saturated rings. The first-order chi connectivity index (χ1) is 12.2. The summed E-state index contributed by atoms with van der Waals surface area (Å²) in [5, 5.41) is 5.27. The fourth-order valence-electron chi connectivity index (χ4n) is 3.08. The highest BCUT2D eigenvalue weighted by atomic mass is 16.5. The Kier molecular flexibility index (Phi) is 7.77. The van der Waals surface area contributed by atoms with Crippen LogP contribution in [0.2, 0.25) is 0 Å². The second kappa shape index (κ2) is 10.1. The van der Waals surface area contributed by atoms with Crippen LogP contribution in [0.15, 0.2) is 42.5 Å². The lowest BCUT2D eigenvalue weighted by atomic mass is 9.99. The van der Waals surface area contributed by atoms with Crippen LogP contribution >= 0.6 is 0 Å². The number of hydrogen-bond donors (Lipinski definition) is 1. The van der Waals surface area contributed by atoms with Crippen molar-refractivity contribution in [2.75, 3.05) is 6.54 Å². The third-order valence-corrected chi connectivity index (χ3v) is 4.79. The molecule has 2 atom stereocenters. The number of unbranched alkanes of at least 4 members (excludes halogenated alkanes) is 1. The molecular formula is C22H31NO2. The van der Waals surface area contributed by atoms with Crippen molar-refractivity contribution in [3.8, 4) is 5.75 Å². The third-order valence-electron chi connectivity index (χ3n) is 4.79. The molecular weight excluding hydrogens is 310 g/mol. The zero-order chi connectivity index (χ0) is 18.1. The van der Waals surface area contributed by atoms with Crippen molar-refractivity contribution in [2.24, 2.45) is 5.92 Å². The molecule has 1 amide bonds. The van der Waals surface area contributed by atoms with Gasteiger partial charge in [-0.1, -0.05) is 76.4 Å². The first kappa shape index (κ1) is 19.3. The van der Waals surface area contributed by atoms with Gasteiger partial charge in [-0.25, -0.2) is 0 Å². The fourth-order valence-corrected chi connectivity index (χ4v) is 3.08. The van der Waals surface area contributed by atoms with E-state index in [9.17, 15) is 4.79 Å². The first-order valence-corrected chi connectivity index (χ1v) is 9.61. The van der Waals surface area contributed by atoms with Crippen LogP contribution in [0.3, 0.4) is 0 Å². The number of carbonyl (C=O) groups excluding carboxylic acids is 1. The molecule has 1 N–H and O–H groups in total. The van der Waals surface area contributed by atoms with Crippen LogP contribution in [-0.2, 0) is 4.79 Å². The SMILES string of the molecule is CCCC[C@H](CC)CNC(=O)[C@@H](CC)Oc1cccc2ccccc12. The average Bonchev–Trinajstić information content (AvgIpc) is 2.66. The minimum Gasteiger partial charge on any atom is -0.480 e. The van der Waals surface area contributed by atoms with Crippen LogP contribution in [0, 0.1) is 5.92 Å². The quantitative estimate of drug-likeness (QED) is 0.634. The minimum absolute atomic E-state index is 0.00890. The van der Waals surface area contributed by atoms with Gasteiger partial charge < -0.3 is 10.1 Å². The van der Waals surface area contributed by atoms with E-state index in [0.717, 1.165) is 29.5 Å². The van der Waals surface area contributed by atoms with E-state index in [1.165, 1.54) is 19.3 Å². The maximum absolute atomic E-state index is 12.6. The molecule has 2 aromatic rings. The molecule has 0 unspecified atom stereocenters. The second-order valence-corrected chi connectivity index (χ2v) is 6.65. The van der Waals surface area contributed by atoms with Gasteiger partial charge in [0.2, 0.25) is 0 Å². The number of benzene rings is 2. The minimum atomic E-state index is -0.450. The molecule has 3 heteroatoms. The standard InChI is InChI=1S/C22H31NO2/c1-4-7-11-17(5-2)16-23-22(24)20(6-3)25-21-15-10-13-18-12-8-9-14-19(18)21/h8-10,12-15,17,20H,4-7,11,16H2,1-3H3,(H,23,24)/t17-,20+/m0/s1. The Morgan fingerprint density at radius 3 is 2.52 bits per heavy atom. The van der Waals surface area contributed by atoms with Crippen LogP contribution in [0.25, 0.3) is 10.8 Å². The van der Waals surface area contributed by atoms with E-state index in [1.54, 1.807) is 0 Å². The normalized spacial score (nSPS) is 13.4. The fraction of sp³-hybridized carbons (Fsp3) is 0.500. The highest BCUT2D eigenvalue weighted by Crippen LogP contribution is 2.26. The highest BCUT2D eigenvalue weighted by Gasteiger charge is 2.20. The Labute approximate surface area is 151 Å². The lowest BCUT2D eigenvalue weighted by molar-refractivity contribution is -0.128. The molecule has 0 saturated heterocycles. The Morgan fingerprint density at radius 2 is 1.80 bits per heavy atom. The zero-order valence-corrected chi connectivity index (χ0v) is 15.8. The average molecular weight is 341 g/mol. The Hall–Kier alpha value is -2.03. The number of fused-ring (bicyclic) bond motifs is 1. The summed E-state index contributed by atoms with van der Waals surface area (Å²) in [4.78, 5) is 12.6. The van der Waals surface area contributed by atoms with Crippen LogP contribution < -0.4 is 10.1 Å². The van der Waals surface area contributed by atoms with Gasteiger partial charge in [0.15, 0.2) is 6.10 Å². The molecule has 0 aliphatic carbocycles. The van der Waals surface area contributed by atoms with Crippen LogP contribution in [-0.4, -0.2) is 18.6 Å². The third kappa shape index (κ3) is 5.48. The summed E-state index contributed by atoms with van der Waals surface area (Å²) in [5.74, 6) is 1.32. The van der Waals surface area contributed by atoms with E-state index in [2.05, 4.69) is 31.3 Å². The number of amides is 1. The van der Waals surface area contributed by atoms with Crippen molar-refractivity contribution < 1.29 is 9.53 Å². The lowest BCUT2D eigenvalue weighted by Crippen LogP contribution is -2.40. The van der Waals surface area contributed by atoms with Crippen molar-refractivity contribution in [2.45, 2.75) is 59.0 Å². The van der Waals surface area contributed by atoms with Gasteiger partial charge in [-0.15, -0.1) is 0 Å². The largest absolute Gasteiger partial charge is 0.480 e. The number of carbonyl (C=O) groups is 1. The summed E-state index contributed by atoms with van der Waals surface area (Å²) in [6, 6.07) is 14.1. The van der Waals surface area contributed by atoms with Gasteiger partial charge in [0.05, 0.1) is 0 Å². The van der Waals surface area contributed by atoms with Crippen molar-refractivity contribution in [3.05, 3.63) is 42.5 Å². The molecule has 0 aliphatic heterocycles. The Balaban J connectivity index is 2.00. The molecule has 2 rings (SSSR count). The van der Waals surface area contributed by atoms with E-state index in [0.29, 0.717) is 12.3 Å². The van der Waals surface area contributed by atoms with E-state index in [4.69, 9.17) is 4.74 Å². The smallest absolute Gasteiger partial charge is 0.261 e. The Morgan fingerprint density at radius 1 is 1.04 bits per heavy atom. The Bertz CT molecular complexity index is 663. The van der Waals surface area contributed by atoms with Crippen molar-refractivity contribution in [1.82, 2.24) is 5.32 Å². The zero-order valence-electron chi connectivity index (χ0n) is 15.8. The first-order valence-electron chi connectivity index (χ1n) is 9.61. The lowest BCUT2D eigenvalue weighted by Gasteiger charge is -2.21. The van der Waals surface area contributed by atoms with Gasteiger partial charge in [-0.05, 0) is 30.2 Å². The molecule has 0 saturated carbocycles. The summed E-state index contributed by atoms with van der Waals surface area (Å²) >= 11 is 0. The maximum atomic E-state index is 12.6. The van der Waals surface area contributed by atoms with E-state index in [1.807, 2.05) is 37.3 Å². The van der Waals surface area contributed by atoms with Gasteiger partial charge >= 0.3 is 0 Å². The number of nitrogens with one attached hydrogen (secondary N) is 1. The van der Waals surface area contributed by atoms with E-state index in [-0.39, 0.29) is 5.91 Å². The van der Waals surface area contributed by atoms with E-state index < -0.39 is 6.10 Å². The van der Waals surface area contributed by atoms with Crippen LogP contribution in [0.1, 0.15) is 52.9 Å². The number of rotatable bonds is 10. The van der Waals surface area contributed by atoms with Crippen LogP contribution in [0.4, 0.5) is 0 Å². The summed E-state index contributed by atoms with van der Waals surface area (Å²) in [6.07, 6.45) is 4.90. The van der Waals surface area contributed by atoms with Crippen molar-refractivity contribution in [1.29, 1.82) is 0 Å².